The van der Waals surface area contributed by atoms with E-state index in [0.29, 0.717) is 31.5 Å². The standard InChI is InChI=1S/C25H36F3N3O3/c1-5-22(32)19-14-18(30(4)15(2)3)9-10-21(19)31-12-11-20(24(31)34)29-23(33)16-7-6-8-17(13-16)25(26,27)28/h6-8,13,15,18-22,32H,5,9-12,14H2,1-4H3,(H,29,33)/t18-,19-,20?,21+,22-/m1/s1. The Kier molecular flexibility index (Phi) is 8.29. The van der Waals surface area contributed by atoms with Gasteiger partial charge in [0.1, 0.15) is 6.04 Å². The molecule has 9 heteroatoms. The largest absolute Gasteiger partial charge is 0.416 e. The van der Waals surface area contributed by atoms with Gasteiger partial charge in [-0.1, -0.05) is 13.0 Å². The molecule has 1 unspecified atom stereocenters. The van der Waals surface area contributed by atoms with Crippen molar-refractivity contribution in [1.82, 2.24) is 15.1 Å². The fourth-order valence-electron chi connectivity index (χ4n) is 5.30. The monoisotopic (exact) mass is 483 g/mol. The fourth-order valence-corrected chi connectivity index (χ4v) is 5.30. The highest BCUT2D eigenvalue weighted by Gasteiger charge is 2.44. The van der Waals surface area contributed by atoms with Crippen molar-refractivity contribution in [2.75, 3.05) is 13.6 Å². The van der Waals surface area contributed by atoms with Gasteiger partial charge in [-0.25, -0.2) is 0 Å². The SMILES string of the molecule is CC[C@@H](O)[C@@H]1C[C@H](N(C)C(C)C)CC[C@@H]1N1CCC(NC(=O)c2cccc(C(F)(F)F)c2)C1=O. The summed E-state index contributed by atoms with van der Waals surface area (Å²) in [6.07, 6.45) is -1.62. The molecule has 190 valence electrons. The molecule has 1 aromatic rings. The molecule has 1 saturated heterocycles. The number of alkyl halides is 3. The third-order valence-corrected chi connectivity index (χ3v) is 7.53. The van der Waals surface area contributed by atoms with Crippen LogP contribution in [0.15, 0.2) is 24.3 Å². The normalized spacial score (nSPS) is 26.9. The zero-order chi connectivity index (χ0) is 25.2. The molecule has 5 atom stereocenters. The number of aliphatic hydroxyl groups excluding tert-OH is 1. The molecular formula is C25H36F3N3O3. The summed E-state index contributed by atoms with van der Waals surface area (Å²) in [5.74, 6) is -0.986. The maximum atomic E-state index is 13.2. The Morgan fingerprint density at radius 3 is 2.59 bits per heavy atom. The number of carbonyl (C=O) groups is 2. The van der Waals surface area contributed by atoms with Gasteiger partial charge < -0.3 is 20.2 Å². The number of halogens is 3. The molecule has 34 heavy (non-hydrogen) atoms. The van der Waals surface area contributed by atoms with Crippen molar-refractivity contribution >= 4 is 11.8 Å². The molecule has 1 aliphatic carbocycles. The number of aliphatic hydroxyl groups is 1. The second kappa shape index (κ2) is 10.6. The summed E-state index contributed by atoms with van der Waals surface area (Å²) in [6.45, 7) is 6.66. The van der Waals surface area contributed by atoms with Crippen molar-refractivity contribution < 1.29 is 27.9 Å². The summed E-state index contributed by atoms with van der Waals surface area (Å²) in [5.41, 5.74) is -1.03. The fraction of sp³-hybridized carbons (Fsp3) is 0.680. The summed E-state index contributed by atoms with van der Waals surface area (Å²) >= 11 is 0. The second-order valence-corrected chi connectivity index (χ2v) is 9.86. The molecule has 6 nitrogen and oxygen atoms in total. The minimum atomic E-state index is -4.55. The summed E-state index contributed by atoms with van der Waals surface area (Å²) in [6, 6.07) is 4.01. The van der Waals surface area contributed by atoms with Crippen LogP contribution in [0.1, 0.15) is 68.8 Å². The molecule has 1 aromatic carbocycles. The number of nitrogens with one attached hydrogen (secondary N) is 1. The van der Waals surface area contributed by atoms with Crippen molar-refractivity contribution in [3.05, 3.63) is 35.4 Å². The molecule has 2 aliphatic rings. The highest BCUT2D eigenvalue weighted by atomic mass is 19.4. The first kappa shape index (κ1) is 26.5. The molecule has 2 fully saturated rings. The van der Waals surface area contributed by atoms with Crippen molar-refractivity contribution in [3.63, 3.8) is 0 Å². The van der Waals surface area contributed by atoms with Crippen molar-refractivity contribution in [2.24, 2.45) is 5.92 Å². The zero-order valence-electron chi connectivity index (χ0n) is 20.3. The predicted octanol–water partition coefficient (Wildman–Crippen LogP) is 3.68. The van der Waals surface area contributed by atoms with E-state index in [1.165, 1.54) is 12.1 Å². The van der Waals surface area contributed by atoms with E-state index < -0.39 is 29.8 Å². The molecule has 0 spiro atoms. The number of rotatable bonds is 7. The molecule has 0 bridgehead atoms. The van der Waals surface area contributed by atoms with Crippen LogP contribution in [0.3, 0.4) is 0 Å². The lowest BCUT2D eigenvalue weighted by atomic mass is 9.76. The lowest BCUT2D eigenvalue weighted by Gasteiger charge is -2.46. The average Bonchev–Trinajstić information content (AvgIpc) is 3.16. The van der Waals surface area contributed by atoms with Crippen LogP contribution in [0.4, 0.5) is 13.2 Å². The molecule has 1 saturated carbocycles. The van der Waals surface area contributed by atoms with E-state index in [1.807, 2.05) is 6.92 Å². The summed E-state index contributed by atoms with van der Waals surface area (Å²) in [7, 11) is 2.09. The van der Waals surface area contributed by atoms with Crippen LogP contribution in [0.25, 0.3) is 0 Å². The van der Waals surface area contributed by atoms with Crippen LogP contribution in [0.2, 0.25) is 0 Å². The van der Waals surface area contributed by atoms with E-state index >= 15 is 0 Å². The highest BCUT2D eigenvalue weighted by Crippen LogP contribution is 2.36. The number of nitrogens with zero attached hydrogens (tertiary/aromatic N) is 2. The van der Waals surface area contributed by atoms with Gasteiger partial charge in [-0.3, -0.25) is 9.59 Å². The van der Waals surface area contributed by atoms with E-state index in [2.05, 4.69) is 31.1 Å². The van der Waals surface area contributed by atoms with Crippen LogP contribution in [-0.2, 0) is 11.0 Å². The average molecular weight is 484 g/mol. The number of hydrogen-bond donors (Lipinski definition) is 2. The first-order chi connectivity index (χ1) is 15.9. The third-order valence-electron chi connectivity index (χ3n) is 7.53. The minimum absolute atomic E-state index is 0.0631. The number of likely N-dealkylation sites (tertiary alicyclic amines) is 1. The smallest absolute Gasteiger partial charge is 0.393 e. The van der Waals surface area contributed by atoms with E-state index in [4.69, 9.17) is 0 Å². The minimum Gasteiger partial charge on any atom is -0.393 e. The number of amides is 2. The lowest BCUT2D eigenvalue weighted by molar-refractivity contribution is -0.137. The van der Waals surface area contributed by atoms with Gasteiger partial charge in [-0.2, -0.15) is 13.2 Å². The van der Waals surface area contributed by atoms with Gasteiger partial charge in [-0.05, 0) is 71.2 Å². The van der Waals surface area contributed by atoms with Gasteiger partial charge in [0.25, 0.3) is 5.91 Å². The summed E-state index contributed by atoms with van der Waals surface area (Å²) in [4.78, 5) is 29.9. The van der Waals surface area contributed by atoms with Gasteiger partial charge in [0, 0.05) is 36.2 Å². The molecule has 3 rings (SSSR count). The maximum absolute atomic E-state index is 13.2. The van der Waals surface area contributed by atoms with Crippen molar-refractivity contribution in [1.29, 1.82) is 0 Å². The van der Waals surface area contributed by atoms with Crippen LogP contribution >= 0.6 is 0 Å². The second-order valence-electron chi connectivity index (χ2n) is 9.86. The maximum Gasteiger partial charge on any atom is 0.416 e. The summed E-state index contributed by atoms with van der Waals surface area (Å²) in [5, 5.41) is 13.4. The van der Waals surface area contributed by atoms with E-state index in [0.717, 1.165) is 31.4 Å². The molecule has 0 aromatic heterocycles. The van der Waals surface area contributed by atoms with Crippen LogP contribution in [0.5, 0.6) is 0 Å². The summed E-state index contributed by atoms with van der Waals surface area (Å²) < 4.78 is 39.0. The first-order valence-corrected chi connectivity index (χ1v) is 12.1. The van der Waals surface area contributed by atoms with Crippen LogP contribution in [-0.4, -0.2) is 70.6 Å². The number of benzene rings is 1. The Morgan fingerprint density at radius 2 is 1.97 bits per heavy atom. The van der Waals surface area contributed by atoms with Crippen molar-refractivity contribution in [3.8, 4) is 0 Å². The molecule has 1 aliphatic heterocycles. The van der Waals surface area contributed by atoms with Gasteiger partial charge in [-0.15, -0.1) is 0 Å². The number of hydrogen-bond acceptors (Lipinski definition) is 4. The number of carbonyl (C=O) groups excluding carboxylic acids is 2. The Morgan fingerprint density at radius 1 is 1.26 bits per heavy atom. The molecular weight excluding hydrogens is 447 g/mol. The van der Waals surface area contributed by atoms with Gasteiger partial charge in [0.15, 0.2) is 0 Å². The van der Waals surface area contributed by atoms with Gasteiger partial charge in [0.2, 0.25) is 5.91 Å². The van der Waals surface area contributed by atoms with Gasteiger partial charge in [0.05, 0.1) is 11.7 Å². The predicted molar refractivity (Wildman–Crippen MR) is 123 cm³/mol. The quantitative estimate of drug-likeness (QED) is 0.621. The highest BCUT2D eigenvalue weighted by molar-refractivity contribution is 5.98. The van der Waals surface area contributed by atoms with E-state index in [9.17, 15) is 27.9 Å². The van der Waals surface area contributed by atoms with Crippen LogP contribution in [0, 0.1) is 5.92 Å². The lowest BCUT2D eigenvalue weighted by Crippen LogP contribution is -2.54. The van der Waals surface area contributed by atoms with E-state index in [-0.39, 0.29) is 23.4 Å². The molecule has 2 amide bonds. The van der Waals surface area contributed by atoms with Crippen LogP contribution < -0.4 is 5.32 Å². The molecule has 1 heterocycles. The Hall–Kier alpha value is -2.13. The van der Waals surface area contributed by atoms with E-state index in [1.54, 1.807) is 4.90 Å². The third kappa shape index (κ3) is 5.74. The molecule has 2 N–H and O–H groups in total. The first-order valence-electron chi connectivity index (χ1n) is 12.1. The Labute approximate surface area is 199 Å². The zero-order valence-corrected chi connectivity index (χ0v) is 20.3. The Bertz CT molecular complexity index is 876. The Balaban J connectivity index is 1.69. The topological polar surface area (TPSA) is 72.9 Å². The van der Waals surface area contributed by atoms with Gasteiger partial charge >= 0.3 is 6.18 Å². The molecule has 0 radical (unpaired) electrons. The van der Waals surface area contributed by atoms with Crippen molar-refractivity contribution in [2.45, 2.75) is 89.3 Å².